The van der Waals surface area contributed by atoms with Crippen molar-refractivity contribution in [2.45, 2.75) is 77.4 Å². The summed E-state index contributed by atoms with van der Waals surface area (Å²) in [5.74, 6) is 0.797. The van der Waals surface area contributed by atoms with E-state index in [-0.39, 0.29) is 11.9 Å². The van der Waals surface area contributed by atoms with E-state index in [2.05, 4.69) is 24.5 Å². The lowest BCUT2D eigenvalue weighted by molar-refractivity contribution is -0.121. The van der Waals surface area contributed by atoms with Crippen LogP contribution in [0.15, 0.2) is 0 Å². The van der Waals surface area contributed by atoms with Gasteiger partial charge < -0.3 is 15.7 Å². The van der Waals surface area contributed by atoms with E-state index in [0.717, 1.165) is 44.4 Å². The Labute approximate surface area is 123 Å². The summed E-state index contributed by atoms with van der Waals surface area (Å²) in [6.07, 6.45) is 7.21. The molecule has 0 aromatic rings. The van der Waals surface area contributed by atoms with Gasteiger partial charge in [-0.1, -0.05) is 26.7 Å². The van der Waals surface area contributed by atoms with E-state index in [1.807, 2.05) is 6.92 Å². The largest absolute Gasteiger partial charge is 0.389 e. The van der Waals surface area contributed by atoms with Gasteiger partial charge in [-0.25, -0.2) is 0 Å². The molecule has 0 spiro atoms. The van der Waals surface area contributed by atoms with E-state index < -0.39 is 5.60 Å². The molecular formula is C16H32N2O2. The fourth-order valence-corrected chi connectivity index (χ4v) is 3.04. The maximum absolute atomic E-state index is 11.7. The van der Waals surface area contributed by atoms with Gasteiger partial charge in [0.2, 0.25) is 5.91 Å². The van der Waals surface area contributed by atoms with E-state index in [1.165, 1.54) is 6.42 Å². The zero-order chi connectivity index (χ0) is 15.0. The number of carbonyl (C=O) groups excluding carboxylic acids is 1. The average molecular weight is 284 g/mol. The molecule has 1 aliphatic carbocycles. The summed E-state index contributed by atoms with van der Waals surface area (Å²) >= 11 is 0. The molecule has 4 nitrogen and oxygen atoms in total. The Morgan fingerprint density at radius 3 is 2.55 bits per heavy atom. The van der Waals surface area contributed by atoms with Gasteiger partial charge in [0.05, 0.1) is 12.1 Å². The summed E-state index contributed by atoms with van der Waals surface area (Å²) in [5, 5.41) is 16.5. The molecule has 0 bridgehead atoms. The number of hydrogen-bond acceptors (Lipinski definition) is 3. The third kappa shape index (κ3) is 6.23. The van der Waals surface area contributed by atoms with Crippen molar-refractivity contribution in [3.05, 3.63) is 0 Å². The zero-order valence-corrected chi connectivity index (χ0v) is 13.4. The summed E-state index contributed by atoms with van der Waals surface area (Å²) in [4.78, 5) is 11.7. The summed E-state index contributed by atoms with van der Waals surface area (Å²) in [7, 11) is 0. The highest BCUT2D eigenvalue weighted by atomic mass is 16.3. The Morgan fingerprint density at radius 1 is 1.35 bits per heavy atom. The van der Waals surface area contributed by atoms with Crippen molar-refractivity contribution in [3.63, 3.8) is 0 Å². The van der Waals surface area contributed by atoms with E-state index in [1.54, 1.807) is 0 Å². The van der Waals surface area contributed by atoms with E-state index in [9.17, 15) is 9.90 Å². The van der Waals surface area contributed by atoms with Crippen LogP contribution in [0.1, 0.15) is 65.7 Å². The van der Waals surface area contributed by atoms with Crippen LogP contribution in [0.3, 0.4) is 0 Å². The number of hydrogen-bond donors (Lipinski definition) is 3. The van der Waals surface area contributed by atoms with Gasteiger partial charge in [-0.15, -0.1) is 0 Å². The molecule has 0 aliphatic heterocycles. The fourth-order valence-electron chi connectivity index (χ4n) is 3.04. The maximum atomic E-state index is 11.7. The Kier molecular flexibility index (Phi) is 7.52. The molecule has 0 aromatic heterocycles. The standard InChI is InChI=1S/C16H32N2O2/c1-4-6-13(3)18-15(19)11-17-12-16(20)9-7-14(5-2)8-10-16/h13-14,17,20H,4-12H2,1-3H3,(H,18,19). The van der Waals surface area contributed by atoms with E-state index >= 15 is 0 Å². The lowest BCUT2D eigenvalue weighted by Crippen LogP contribution is -2.47. The molecule has 4 heteroatoms. The van der Waals surface area contributed by atoms with Crippen LogP contribution in [0.25, 0.3) is 0 Å². The highest BCUT2D eigenvalue weighted by molar-refractivity contribution is 5.78. The second-order valence-electron chi connectivity index (χ2n) is 6.44. The summed E-state index contributed by atoms with van der Waals surface area (Å²) in [6, 6.07) is 0.234. The predicted molar refractivity (Wildman–Crippen MR) is 82.6 cm³/mol. The Balaban J connectivity index is 2.18. The van der Waals surface area contributed by atoms with Crippen molar-refractivity contribution in [2.24, 2.45) is 5.92 Å². The van der Waals surface area contributed by atoms with E-state index in [0.29, 0.717) is 13.1 Å². The summed E-state index contributed by atoms with van der Waals surface area (Å²) in [5.41, 5.74) is -0.610. The first kappa shape index (κ1) is 17.4. The number of rotatable bonds is 8. The minimum absolute atomic E-state index is 0.0248. The van der Waals surface area contributed by atoms with Crippen LogP contribution in [-0.2, 0) is 4.79 Å². The normalized spacial score (nSPS) is 28.1. The van der Waals surface area contributed by atoms with Crippen LogP contribution in [0.2, 0.25) is 0 Å². The van der Waals surface area contributed by atoms with Gasteiger partial charge >= 0.3 is 0 Å². The molecule has 1 aliphatic rings. The van der Waals surface area contributed by atoms with Crippen LogP contribution in [0, 0.1) is 5.92 Å². The SMILES string of the molecule is CCCC(C)NC(=O)CNCC1(O)CCC(CC)CC1. The average Bonchev–Trinajstić information content (AvgIpc) is 2.39. The quantitative estimate of drug-likeness (QED) is 0.640. The minimum atomic E-state index is -0.610. The Hall–Kier alpha value is -0.610. The molecule has 118 valence electrons. The van der Waals surface area contributed by atoms with Gasteiger partial charge in [0, 0.05) is 12.6 Å². The second kappa shape index (κ2) is 8.63. The summed E-state index contributed by atoms with van der Waals surface area (Å²) in [6.45, 7) is 7.19. The highest BCUT2D eigenvalue weighted by Gasteiger charge is 2.32. The van der Waals surface area contributed by atoms with Crippen molar-refractivity contribution < 1.29 is 9.90 Å². The van der Waals surface area contributed by atoms with Crippen molar-refractivity contribution in [1.82, 2.24) is 10.6 Å². The lowest BCUT2D eigenvalue weighted by atomic mass is 9.78. The number of nitrogens with one attached hydrogen (secondary N) is 2. The first-order valence-corrected chi connectivity index (χ1v) is 8.21. The van der Waals surface area contributed by atoms with Crippen molar-refractivity contribution in [1.29, 1.82) is 0 Å². The molecule has 1 saturated carbocycles. The summed E-state index contributed by atoms with van der Waals surface area (Å²) < 4.78 is 0. The van der Waals surface area contributed by atoms with Gasteiger partial charge in [0.1, 0.15) is 0 Å². The first-order valence-electron chi connectivity index (χ1n) is 8.21. The molecule has 1 rings (SSSR count). The third-order valence-electron chi connectivity index (χ3n) is 4.48. The number of carbonyl (C=O) groups is 1. The van der Waals surface area contributed by atoms with E-state index in [4.69, 9.17) is 0 Å². The molecule has 1 amide bonds. The van der Waals surface area contributed by atoms with Crippen LogP contribution >= 0.6 is 0 Å². The molecule has 1 atom stereocenters. The van der Waals surface area contributed by atoms with Gasteiger partial charge in [0.25, 0.3) is 0 Å². The predicted octanol–water partition coefficient (Wildman–Crippen LogP) is 2.21. The van der Waals surface area contributed by atoms with Gasteiger partial charge in [-0.3, -0.25) is 4.79 Å². The monoisotopic (exact) mass is 284 g/mol. The maximum Gasteiger partial charge on any atom is 0.234 e. The molecule has 3 N–H and O–H groups in total. The third-order valence-corrected chi connectivity index (χ3v) is 4.48. The molecule has 0 aromatic carbocycles. The fraction of sp³-hybridized carbons (Fsp3) is 0.938. The molecule has 0 saturated heterocycles. The lowest BCUT2D eigenvalue weighted by Gasteiger charge is -2.36. The van der Waals surface area contributed by atoms with Gasteiger partial charge in [0.15, 0.2) is 0 Å². The van der Waals surface area contributed by atoms with Gasteiger partial charge in [-0.05, 0) is 44.9 Å². The first-order chi connectivity index (χ1) is 9.49. The number of amides is 1. The molecular weight excluding hydrogens is 252 g/mol. The molecule has 0 heterocycles. The topological polar surface area (TPSA) is 61.4 Å². The Morgan fingerprint density at radius 2 is 2.00 bits per heavy atom. The second-order valence-corrected chi connectivity index (χ2v) is 6.44. The highest BCUT2D eigenvalue weighted by Crippen LogP contribution is 2.33. The van der Waals surface area contributed by atoms with Crippen LogP contribution in [0.5, 0.6) is 0 Å². The zero-order valence-electron chi connectivity index (χ0n) is 13.4. The molecule has 20 heavy (non-hydrogen) atoms. The smallest absolute Gasteiger partial charge is 0.234 e. The van der Waals surface area contributed by atoms with Crippen LogP contribution in [0.4, 0.5) is 0 Å². The molecule has 1 fully saturated rings. The van der Waals surface area contributed by atoms with Crippen molar-refractivity contribution >= 4 is 5.91 Å². The van der Waals surface area contributed by atoms with Crippen molar-refractivity contribution in [3.8, 4) is 0 Å². The van der Waals surface area contributed by atoms with Crippen LogP contribution < -0.4 is 10.6 Å². The molecule has 0 radical (unpaired) electrons. The van der Waals surface area contributed by atoms with Crippen LogP contribution in [-0.4, -0.2) is 35.7 Å². The van der Waals surface area contributed by atoms with Gasteiger partial charge in [-0.2, -0.15) is 0 Å². The Bertz CT molecular complexity index is 286. The molecule has 1 unspecified atom stereocenters. The number of aliphatic hydroxyl groups is 1. The minimum Gasteiger partial charge on any atom is -0.389 e. The van der Waals surface area contributed by atoms with Crippen molar-refractivity contribution in [2.75, 3.05) is 13.1 Å².